The summed E-state index contributed by atoms with van der Waals surface area (Å²) in [7, 11) is 1.72. The van der Waals surface area contributed by atoms with Crippen LogP contribution >= 0.6 is 0 Å². The van der Waals surface area contributed by atoms with Crippen molar-refractivity contribution in [3.05, 3.63) is 59.4 Å². The van der Waals surface area contributed by atoms with Crippen LogP contribution in [0.2, 0.25) is 0 Å². The lowest BCUT2D eigenvalue weighted by molar-refractivity contribution is 0.401. The SMILES string of the molecule is COc1cc(C)ccc1C(C)NCCc1ccncc1. The molecule has 1 N–H and O–H groups in total. The van der Waals surface area contributed by atoms with Crippen LogP contribution in [-0.2, 0) is 6.42 Å². The molecule has 0 aliphatic rings. The molecule has 3 nitrogen and oxygen atoms in total. The molecule has 0 aliphatic carbocycles. The van der Waals surface area contributed by atoms with E-state index in [0.29, 0.717) is 0 Å². The van der Waals surface area contributed by atoms with Crippen molar-refractivity contribution >= 4 is 0 Å². The first kappa shape index (κ1) is 14.5. The van der Waals surface area contributed by atoms with E-state index in [2.05, 4.69) is 54.5 Å². The molecule has 1 atom stereocenters. The van der Waals surface area contributed by atoms with E-state index in [1.54, 1.807) is 7.11 Å². The number of aryl methyl sites for hydroxylation is 1. The van der Waals surface area contributed by atoms with Gasteiger partial charge in [-0.3, -0.25) is 4.98 Å². The van der Waals surface area contributed by atoms with Crippen molar-refractivity contribution in [3.8, 4) is 5.75 Å². The third kappa shape index (κ3) is 3.81. The van der Waals surface area contributed by atoms with E-state index < -0.39 is 0 Å². The minimum absolute atomic E-state index is 0.271. The van der Waals surface area contributed by atoms with Crippen molar-refractivity contribution < 1.29 is 4.74 Å². The molecule has 1 heterocycles. The highest BCUT2D eigenvalue weighted by atomic mass is 16.5. The summed E-state index contributed by atoms with van der Waals surface area (Å²) in [6.07, 6.45) is 4.67. The van der Waals surface area contributed by atoms with Crippen LogP contribution in [0.5, 0.6) is 5.75 Å². The molecule has 0 aliphatic heterocycles. The van der Waals surface area contributed by atoms with Crippen LogP contribution in [-0.4, -0.2) is 18.6 Å². The zero-order chi connectivity index (χ0) is 14.4. The molecule has 0 fully saturated rings. The summed E-state index contributed by atoms with van der Waals surface area (Å²) in [5.74, 6) is 0.953. The summed E-state index contributed by atoms with van der Waals surface area (Å²) >= 11 is 0. The van der Waals surface area contributed by atoms with E-state index in [0.717, 1.165) is 18.7 Å². The molecule has 0 spiro atoms. The Kier molecular flexibility index (Phi) is 5.13. The maximum absolute atomic E-state index is 5.46. The van der Waals surface area contributed by atoms with Crippen molar-refractivity contribution in [2.45, 2.75) is 26.3 Å². The molecule has 106 valence electrons. The van der Waals surface area contributed by atoms with Crippen molar-refractivity contribution in [1.29, 1.82) is 0 Å². The highest BCUT2D eigenvalue weighted by molar-refractivity contribution is 5.39. The van der Waals surface area contributed by atoms with Gasteiger partial charge in [0.15, 0.2) is 0 Å². The van der Waals surface area contributed by atoms with Gasteiger partial charge < -0.3 is 10.1 Å². The molecule has 0 saturated heterocycles. The maximum Gasteiger partial charge on any atom is 0.123 e. The maximum atomic E-state index is 5.46. The number of rotatable bonds is 6. The number of nitrogens with one attached hydrogen (secondary N) is 1. The summed E-state index contributed by atoms with van der Waals surface area (Å²) in [5.41, 5.74) is 3.72. The second-order valence-electron chi connectivity index (χ2n) is 5.03. The molecule has 3 heteroatoms. The Balaban J connectivity index is 1.93. The highest BCUT2D eigenvalue weighted by Gasteiger charge is 2.10. The summed E-state index contributed by atoms with van der Waals surface area (Å²) in [6.45, 7) is 5.18. The quantitative estimate of drug-likeness (QED) is 0.874. The van der Waals surface area contributed by atoms with E-state index in [1.165, 1.54) is 16.7 Å². The first-order valence-corrected chi connectivity index (χ1v) is 6.97. The van der Waals surface area contributed by atoms with Gasteiger partial charge in [0.1, 0.15) is 5.75 Å². The number of nitrogens with zero attached hydrogens (tertiary/aromatic N) is 1. The standard InChI is InChI=1S/C17H22N2O/c1-13-4-5-16(17(12-13)20-3)14(2)19-11-8-15-6-9-18-10-7-15/h4-7,9-10,12,14,19H,8,11H2,1-3H3. The zero-order valence-electron chi connectivity index (χ0n) is 12.4. The van der Waals surface area contributed by atoms with Gasteiger partial charge in [0.05, 0.1) is 7.11 Å². The fourth-order valence-corrected chi connectivity index (χ4v) is 2.27. The summed E-state index contributed by atoms with van der Waals surface area (Å²) < 4.78 is 5.46. The van der Waals surface area contributed by atoms with Crippen LogP contribution < -0.4 is 10.1 Å². The molecule has 20 heavy (non-hydrogen) atoms. The largest absolute Gasteiger partial charge is 0.496 e. The van der Waals surface area contributed by atoms with Crippen LogP contribution in [0.4, 0.5) is 0 Å². The Labute approximate surface area is 121 Å². The number of aromatic nitrogens is 1. The molecule has 2 rings (SSSR count). The van der Waals surface area contributed by atoms with Gasteiger partial charge in [-0.05, 0) is 56.1 Å². The molecule has 0 radical (unpaired) electrons. The fourth-order valence-electron chi connectivity index (χ4n) is 2.27. The minimum Gasteiger partial charge on any atom is -0.496 e. The van der Waals surface area contributed by atoms with Gasteiger partial charge >= 0.3 is 0 Å². The lowest BCUT2D eigenvalue weighted by Crippen LogP contribution is -2.21. The Hall–Kier alpha value is -1.87. The van der Waals surface area contributed by atoms with Gasteiger partial charge in [-0.15, -0.1) is 0 Å². The van der Waals surface area contributed by atoms with E-state index in [-0.39, 0.29) is 6.04 Å². The lowest BCUT2D eigenvalue weighted by Gasteiger charge is -2.18. The second-order valence-corrected chi connectivity index (χ2v) is 5.03. The normalized spacial score (nSPS) is 12.2. The van der Waals surface area contributed by atoms with Crippen LogP contribution in [0.3, 0.4) is 0 Å². The summed E-state index contributed by atoms with van der Waals surface area (Å²) in [5, 5.41) is 3.54. The number of ether oxygens (including phenoxy) is 1. The first-order valence-electron chi connectivity index (χ1n) is 6.97. The predicted octanol–water partition coefficient (Wildman–Crippen LogP) is 3.29. The van der Waals surface area contributed by atoms with E-state index in [4.69, 9.17) is 4.74 Å². The van der Waals surface area contributed by atoms with Crippen LogP contribution in [0.25, 0.3) is 0 Å². The fraction of sp³-hybridized carbons (Fsp3) is 0.353. The average molecular weight is 270 g/mol. The molecular formula is C17H22N2O. The second kappa shape index (κ2) is 7.06. The van der Waals surface area contributed by atoms with Crippen LogP contribution in [0.15, 0.2) is 42.7 Å². The van der Waals surface area contributed by atoms with Gasteiger partial charge in [-0.2, -0.15) is 0 Å². The van der Waals surface area contributed by atoms with Crippen molar-refractivity contribution in [1.82, 2.24) is 10.3 Å². The average Bonchev–Trinajstić information content (AvgIpc) is 2.48. The number of methoxy groups -OCH3 is 1. The highest BCUT2D eigenvalue weighted by Crippen LogP contribution is 2.25. The number of benzene rings is 1. The third-order valence-electron chi connectivity index (χ3n) is 3.47. The van der Waals surface area contributed by atoms with Crippen molar-refractivity contribution in [2.75, 3.05) is 13.7 Å². The van der Waals surface area contributed by atoms with E-state index in [1.807, 2.05) is 12.4 Å². The summed E-state index contributed by atoms with van der Waals surface area (Å²) in [4.78, 5) is 4.03. The number of pyridine rings is 1. The van der Waals surface area contributed by atoms with Gasteiger partial charge in [0, 0.05) is 24.0 Å². The Morgan fingerprint density at radius 2 is 1.95 bits per heavy atom. The molecule has 0 bridgehead atoms. The van der Waals surface area contributed by atoms with Crippen LogP contribution in [0.1, 0.15) is 29.7 Å². The molecule has 2 aromatic rings. The topological polar surface area (TPSA) is 34.1 Å². The summed E-state index contributed by atoms with van der Waals surface area (Å²) in [6, 6.07) is 10.7. The van der Waals surface area contributed by atoms with Crippen LogP contribution in [0, 0.1) is 6.92 Å². The van der Waals surface area contributed by atoms with Crippen molar-refractivity contribution in [2.24, 2.45) is 0 Å². The molecular weight excluding hydrogens is 248 g/mol. The van der Waals surface area contributed by atoms with Crippen molar-refractivity contribution in [3.63, 3.8) is 0 Å². The Bertz CT molecular complexity index is 540. The molecule has 1 aromatic heterocycles. The first-order chi connectivity index (χ1) is 9.70. The molecule has 1 aromatic carbocycles. The van der Waals surface area contributed by atoms with E-state index in [9.17, 15) is 0 Å². The molecule has 1 unspecified atom stereocenters. The van der Waals surface area contributed by atoms with Gasteiger partial charge in [0.25, 0.3) is 0 Å². The van der Waals surface area contributed by atoms with E-state index >= 15 is 0 Å². The van der Waals surface area contributed by atoms with Gasteiger partial charge in [0.2, 0.25) is 0 Å². The van der Waals surface area contributed by atoms with Gasteiger partial charge in [-0.25, -0.2) is 0 Å². The minimum atomic E-state index is 0.271. The number of hydrogen-bond acceptors (Lipinski definition) is 3. The monoisotopic (exact) mass is 270 g/mol. The van der Waals surface area contributed by atoms with Gasteiger partial charge in [-0.1, -0.05) is 12.1 Å². The third-order valence-corrected chi connectivity index (χ3v) is 3.47. The Morgan fingerprint density at radius 1 is 1.20 bits per heavy atom. The smallest absolute Gasteiger partial charge is 0.123 e. The Morgan fingerprint density at radius 3 is 2.65 bits per heavy atom. The zero-order valence-corrected chi connectivity index (χ0v) is 12.4. The molecule has 0 amide bonds. The predicted molar refractivity (Wildman–Crippen MR) is 82.1 cm³/mol. The number of hydrogen-bond donors (Lipinski definition) is 1. The molecule has 0 saturated carbocycles. The lowest BCUT2D eigenvalue weighted by atomic mass is 10.0.